The molecule has 2 unspecified atom stereocenters. The van der Waals surface area contributed by atoms with Gasteiger partial charge in [0.25, 0.3) is 0 Å². The highest BCUT2D eigenvalue weighted by Crippen LogP contribution is 2.61. The molecule has 3 aliphatic heterocycles. The summed E-state index contributed by atoms with van der Waals surface area (Å²) in [5, 5.41) is 9.19. The lowest BCUT2D eigenvalue weighted by atomic mass is 9.73. The Hall–Kier alpha value is -2.92. The average molecular weight is 543 g/mol. The predicted octanol–water partition coefficient (Wildman–Crippen LogP) is 8.06. The van der Waals surface area contributed by atoms with Crippen LogP contribution >= 0.6 is 11.8 Å². The van der Waals surface area contributed by atoms with Crippen molar-refractivity contribution >= 4 is 29.1 Å². The Morgan fingerprint density at radius 2 is 1.69 bits per heavy atom. The summed E-state index contributed by atoms with van der Waals surface area (Å²) in [6.45, 7) is 11.3. The SMILES string of the molecule is CCN1\C(=C/C=C/C=C/C23SCCCN2c2ccccc2C3(C)CCCCC(=O)O)C(C)(C)c2ccccc21. The largest absolute Gasteiger partial charge is 0.481 e. The zero-order chi connectivity index (χ0) is 27.7. The minimum Gasteiger partial charge on any atom is -0.481 e. The van der Waals surface area contributed by atoms with Crippen molar-refractivity contribution in [2.24, 2.45) is 0 Å². The number of fused-ring (bicyclic) bond motifs is 4. The van der Waals surface area contributed by atoms with Crippen LogP contribution in [-0.4, -0.2) is 34.8 Å². The Morgan fingerprint density at radius 1 is 0.974 bits per heavy atom. The van der Waals surface area contributed by atoms with Gasteiger partial charge in [0, 0.05) is 47.4 Å². The van der Waals surface area contributed by atoms with Gasteiger partial charge < -0.3 is 14.9 Å². The fraction of sp³-hybridized carbons (Fsp3) is 0.441. The average Bonchev–Trinajstić information content (AvgIpc) is 3.29. The van der Waals surface area contributed by atoms with E-state index in [0.29, 0.717) is 0 Å². The summed E-state index contributed by atoms with van der Waals surface area (Å²) in [5.74, 6) is 0.426. The number of hydrogen-bond donors (Lipinski definition) is 1. The molecular formula is C34H42N2O2S. The number of benzene rings is 2. The van der Waals surface area contributed by atoms with Crippen LogP contribution in [0.3, 0.4) is 0 Å². The monoisotopic (exact) mass is 542 g/mol. The van der Waals surface area contributed by atoms with E-state index in [1.54, 1.807) is 0 Å². The molecular weight excluding hydrogens is 500 g/mol. The van der Waals surface area contributed by atoms with Crippen LogP contribution in [-0.2, 0) is 15.6 Å². The Bertz CT molecular complexity index is 1310. The molecule has 39 heavy (non-hydrogen) atoms. The first-order chi connectivity index (χ1) is 18.8. The minimum absolute atomic E-state index is 0.0308. The standard InChI is InChI=1S/C34H42N2O2S/c1-5-35-28-18-10-8-16-26(28)32(2,3)30(35)20-7-6-13-23-34-33(4,22-14-12-21-31(37)38)27-17-9-11-19-29(27)36(34)24-15-25-39-34/h6-11,13,16-20,23H,5,12,14-15,21-22,24-25H2,1-4H3,(H,37,38)/b7-6+,23-13+,30-20-. The van der Waals surface area contributed by atoms with E-state index in [-0.39, 0.29) is 22.1 Å². The van der Waals surface area contributed by atoms with Gasteiger partial charge in [0.1, 0.15) is 4.87 Å². The van der Waals surface area contributed by atoms with E-state index in [9.17, 15) is 9.90 Å². The smallest absolute Gasteiger partial charge is 0.303 e. The Labute approximate surface area is 238 Å². The van der Waals surface area contributed by atoms with E-state index < -0.39 is 5.97 Å². The summed E-state index contributed by atoms with van der Waals surface area (Å²) in [7, 11) is 0. The van der Waals surface area contributed by atoms with Crippen LogP contribution in [0.2, 0.25) is 0 Å². The van der Waals surface area contributed by atoms with Crippen LogP contribution in [0.1, 0.15) is 70.9 Å². The molecule has 0 aliphatic carbocycles. The second-order valence-corrected chi connectivity index (χ2v) is 13.0. The number of hydrogen-bond acceptors (Lipinski definition) is 4. The van der Waals surface area contributed by atoms with Gasteiger partial charge in [-0.15, -0.1) is 11.8 Å². The van der Waals surface area contributed by atoms with Gasteiger partial charge >= 0.3 is 5.97 Å². The van der Waals surface area contributed by atoms with Crippen LogP contribution in [0.5, 0.6) is 0 Å². The molecule has 0 spiro atoms. The second kappa shape index (κ2) is 10.9. The predicted molar refractivity (Wildman–Crippen MR) is 166 cm³/mol. The lowest BCUT2D eigenvalue weighted by Crippen LogP contribution is -2.55. The number of para-hydroxylation sites is 2. The van der Waals surface area contributed by atoms with Crippen molar-refractivity contribution in [2.45, 2.75) is 75.5 Å². The molecule has 206 valence electrons. The van der Waals surface area contributed by atoms with Crippen LogP contribution in [0.25, 0.3) is 0 Å². The summed E-state index contributed by atoms with van der Waals surface area (Å²) < 4.78 is 0. The summed E-state index contributed by atoms with van der Waals surface area (Å²) in [4.78, 5) is 16.0. The van der Waals surface area contributed by atoms with Crippen molar-refractivity contribution in [3.05, 3.63) is 95.7 Å². The van der Waals surface area contributed by atoms with Gasteiger partial charge in [-0.05, 0) is 67.4 Å². The second-order valence-electron chi connectivity index (χ2n) is 11.7. The third-order valence-electron chi connectivity index (χ3n) is 9.06. The molecule has 1 fully saturated rings. The van der Waals surface area contributed by atoms with E-state index in [4.69, 9.17) is 0 Å². The van der Waals surface area contributed by atoms with E-state index in [0.717, 1.165) is 38.1 Å². The summed E-state index contributed by atoms with van der Waals surface area (Å²) in [5.41, 5.74) is 6.65. The van der Waals surface area contributed by atoms with Gasteiger partial charge in [-0.1, -0.05) is 81.8 Å². The molecule has 0 bridgehead atoms. The van der Waals surface area contributed by atoms with Gasteiger partial charge in [-0.25, -0.2) is 0 Å². The first-order valence-corrected chi connectivity index (χ1v) is 15.4. The van der Waals surface area contributed by atoms with Crippen LogP contribution in [0, 0.1) is 0 Å². The van der Waals surface area contributed by atoms with Crippen LogP contribution in [0.4, 0.5) is 11.4 Å². The number of aliphatic carboxylic acids is 1. The molecule has 0 radical (unpaired) electrons. The van der Waals surface area contributed by atoms with Crippen LogP contribution in [0.15, 0.2) is 84.6 Å². The van der Waals surface area contributed by atoms with Gasteiger partial charge in [0.2, 0.25) is 0 Å². The number of carbonyl (C=O) groups is 1. The normalized spacial score (nSPS) is 26.4. The molecule has 2 aromatic rings. The van der Waals surface area contributed by atoms with Crippen LogP contribution < -0.4 is 9.80 Å². The van der Waals surface area contributed by atoms with E-state index >= 15 is 0 Å². The molecule has 0 aromatic heterocycles. The first-order valence-electron chi connectivity index (χ1n) is 14.4. The van der Waals surface area contributed by atoms with E-state index in [2.05, 4.69) is 128 Å². The zero-order valence-corrected chi connectivity index (χ0v) is 24.6. The maximum atomic E-state index is 11.2. The molecule has 0 amide bonds. The number of nitrogens with zero attached hydrogens (tertiary/aromatic N) is 2. The number of likely N-dealkylation sites (N-methyl/N-ethyl adjacent to an activating group) is 1. The number of anilines is 2. The van der Waals surface area contributed by atoms with E-state index in [1.807, 2.05) is 0 Å². The zero-order valence-electron chi connectivity index (χ0n) is 23.8. The molecule has 2 atom stereocenters. The minimum atomic E-state index is -0.704. The number of carboxylic acids is 1. The van der Waals surface area contributed by atoms with Gasteiger partial charge in [-0.2, -0.15) is 0 Å². The quantitative estimate of drug-likeness (QED) is 0.256. The lowest BCUT2D eigenvalue weighted by molar-refractivity contribution is -0.137. The van der Waals surface area contributed by atoms with Crippen molar-refractivity contribution in [1.82, 2.24) is 0 Å². The molecule has 5 heteroatoms. The third kappa shape index (κ3) is 4.63. The highest BCUT2D eigenvalue weighted by Gasteiger charge is 2.58. The highest BCUT2D eigenvalue weighted by atomic mass is 32.2. The number of thioether (sulfide) groups is 1. The summed E-state index contributed by atoms with van der Waals surface area (Å²) in [6.07, 6.45) is 15.4. The Kier molecular flexibility index (Phi) is 7.74. The van der Waals surface area contributed by atoms with Crippen molar-refractivity contribution in [2.75, 3.05) is 28.6 Å². The van der Waals surface area contributed by atoms with Gasteiger partial charge in [0.05, 0.1) is 0 Å². The van der Waals surface area contributed by atoms with Gasteiger partial charge in [-0.3, -0.25) is 4.79 Å². The fourth-order valence-corrected chi connectivity index (χ4v) is 8.72. The molecule has 1 saturated heterocycles. The van der Waals surface area contributed by atoms with Crippen molar-refractivity contribution in [1.29, 1.82) is 0 Å². The Balaban J connectivity index is 1.44. The number of carboxylic acid groups (broad SMARTS) is 1. The highest BCUT2D eigenvalue weighted by molar-refractivity contribution is 8.01. The maximum absolute atomic E-state index is 11.2. The molecule has 4 nitrogen and oxygen atoms in total. The fourth-order valence-electron chi connectivity index (χ4n) is 7.09. The molecule has 1 N–H and O–H groups in total. The summed E-state index contributed by atoms with van der Waals surface area (Å²) in [6, 6.07) is 17.6. The number of rotatable bonds is 9. The Morgan fingerprint density at radius 3 is 2.44 bits per heavy atom. The van der Waals surface area contributed by atoms with Crippen molar-refractivity contribution < 1.29 is 9.90 Å². The first kappa shape index (κ1) is 27.6. The molecule has 2 aromatic carbocycles. The van der Waals surface area contributed by atoms with Crippen molar-refractivity contribution in [3.8, 4) is 0 Å². The maximum Gasteiger partial charge on any atom is 0.303 e. The lowest BCUT2D eigenvalue weighted by Gasteiger charge is -2.50. The molecule has 0 saturated carbocycles. The molecule has 5 rings (SSSR count). The molecule has 3 aliphatic rings. The summed E-state index contributed by atoms with van der Waals surface area (Å²) >= 11 is 2.05. The molecule has 3 heterocycles. The number of unbranched alkanes of at least 4 members (excludes halogenated alkanes) is 1. The number of allylic oxidation sites excluding steroid dienone is 5. The van der Waals surface area contributed by atoms with Crippen molar-refractivity contribution in [3.63, 3.8) is 0 Å². The van der Waals surface area contributed by atoms with E-state index in [1.165, 1.54) is 34.6 Å². The third-order valence-corrected chi connectivity index (χ3v) is 10.8. The topological polar surface area (TPSA) is 43.8 Å². The van der Waals surface area contributed by atoms with Gasteiger partial charge in [0.15, 0.2) is 0 Å².